The van der Waals surface area contributed by atoms with E-state index in [-0.39, 0.29) is 17.9 Å². The number of rotatable bonds is 4. The van der Waals surface area contributed by atoms with Crippen LogP contribution in [0.4, 0.5) is 20.2 Å². The molecule has 140 valence electrons. The van der Waals surface area contributed by atoms with Crippen molar-refractivity contribution < 1.29 is 13.6 Å². The quantitative estimate of drug-likeness (QED) is 0.765. The van der Waals surface area contributed by atoms with Gasteiger partial charge in [-0.25, -0.2) is 13.5 Å². The molecule has 1 N–H and O–H groups in total. The number of hydrogen-bond donors (Lipinski definition) is 1. The molecule has 3 aromatic rings. The van der Waals surface area contributed by atoms with Crippen molar-refractivity contribution in [1.29, 1.82) is 0 Å². The number of carbonyl (C=O) groups excluding carboxylic acids is 1. The molecule has 0 spiro atoms. The molecule has 0 bridgehead atoms. The summed E-state index contributed by atoms with van der Waals surface area (Å²) in [4.78, 5) is 26.1. The number of hydrogen-bond acceptors (Lipinski definition) is 4. The lowest BCUT2D eigenvalue weighted by atomic mass is 10.1. The van der Waals surface area contributed by atoms with Gasteiger partial charge in [0.25, 0.3) is 5.56 Å². The second kappa shape index (κ2) is 7.14. The summed E-state index contributed by atoms with van der Waals surface area (Å²) in [5.41, 5.74) is -0.0423. The minimum absolute atomic E-state index is 0.0360. The van der Waals surface area contributed by atoms with Gasteiger partial charge in [0, 0.05) is 25.2 Å². The number of benzene rings is 2. The van der Waals surface area contributed by atoms with Crippen LogP contribution in [-0.2, 0) is 11.3 Å². The van der Waals surface area contributed by atoms with Crippen LogP contribution >= 0.6 is 0 Å². The van der Waals surface area contributed by atoms with Gasteiger partial charge >= 0.3 is 0 Å². The Hall–Kier alpha value is -3.29. The predicted molar refractivity (Wildman–Crippen MR) is 100 cm³/mol. The Balaban J connectivity index is 1.86. The van der Waals surface area contributed by atoms with Gasteiger partial charge in [-0.2, -0.15) is 5.10 Å². The van der Waals surface area contributed by atoms with E-state index in [1.807, 2.05) is 0 Å². The van der Waals surface area contributed by atoms with Gasteiger partial charge in [0.2, 0.25) is 5.91 Å². The van der Waals surface area contributed by atoms with Crippen LogP contribution in [0.25, 0.3) is 10.8 Å². The fraction of sp³-hybridized carbons (Fsp3) is 0.211. The molecule has 2 aromatic carbocycles. The molecule has 3 rings (SSSR count). The molecule has 8 heteroatoms. The van der Waals surface area contributed by atoms with Gasteiger partial charge in [0.1, 0.15) is 12.2 Å². The number of halogens is 2. The molecule has 0 radical (unpaired) electrons. The largest absolute Gasteiger partial charge is 0.373 e. The zero-order valence-electron chi connectivity index (χ0n) is 15.1. The fourth-order valence-electron chi connectivity index (χ4n) is 2.91. The third kappa shape index (κ3) is 3.64. The standard InChI is InChI=1S/C19H18F2N4O2/c1-11-13-6-4-5-7-14(13)19(27)25(23-11)10-17(26)22-12-8-15(20)18(24(2)3)16(21)9-12/h4-9H,10H2,1-3H3,(H,22,26). The lowest BCUT2D eigenvalue weighted by Crippen LogP contribution is -2.30. The van der Waals surface area contributed by atoms with Crippen molar-refractivity contribution in [1.82, 2.24) is 9.78 Å². The van der Waals surface area contributed by atoms with Gasteiger partial charge in [0.05, 0.1) is 11.1 Å². The second-order valence-electron chi connectivity index (χ2n) is 6.32. The summed E-state index contributed by atoms with van der Waals surface area (Å²) in [6, 6.07) is 9.02. The maximum Gasteiger partial charge on any atom is 0.275 e. The molecule has 0 aliphatic rings. The molecular weight excluding hydrogens is 354 g/mol. The molecule has 0 atom stereocenters. The van der Waals surface area contributed by atoms with Crippen molar-refractivity contribution >= 4 is 28.1 Å². The highest BCUT2D eigenvalue weighted by Crippen LogP contribution is 2.25. The smallest absolute Gasteiger partial charge is 0.275 e. The SMILES string of the molecule is Cc1nn(CC(=O)Nc2cc(F)c(N(C)C)c(F)c2)c(=O)c2ccccc12. The lowest BCUT2D eigenvalue weighted by Gasteiger charge is -2.16. The highest BCUT2D eigenvalue weighted by molar-refractivity contribution is 5.91. The third-order valence-electron chi connectivity index (χ3n) is 4.09. The van der Waals surface area contributed by atoms with Crippen LogP contribution in [0.5, 0.6) is 0 Å². The Kier molecular flexibility index (Phi) is 4.89. The van der Waals surface area contributed by atoms with Crippen molar-refractivity contribution in [3.05, 3.63) is 64.1 Å². The molecular formula is C19H18F2N4O2. The van der Waals surface area contributed by atoms with E-state index in [0.29, 0.717) is 16.5 Å². The number of anilines is 2. The first kappa shape index (κ1) is 18.5. The summed E-state index contributed by atoms with van der Waals surface area (Å²) >= 11 is 0. The number of amides is 1. The molecule has 0 saturated carbocycles. The number of aromatic nitrogens is 2. The minimum Gasteiger partial charge on any atom is -0.373 e. The predicted octanol–water partition coefficient (Wildman–Crippen LogP) is 2.69. The Morgan fingerprint density at radius 1 is 1.15 bits per heavy atom. The molecule has 0 saturated heterocycles. The Morgan fingerprint density at radius 3 is 2.33 bits per heavy atom. The average molecular weight is 372 g/mol. The zero-order valence-corrected chi connectivity index (χ0v) is 15.1. The zero-order chi connectivity index (χ0) is 19.7. The van der Waals surface area contributed by atoms with Gasteiger partial charge in [-0.1, -0.05) is 18.2 Å². The Bertz CT molecular complexity index is 1070. The van der Waals surface area contributed by atoms with E-state index in [1.54, 1.807) is 31.2 Å². The van der Waals surface area contributed by atoms with Gasteiger partial charge in [0.15, 0.2) is 11.6 Å². The van der Waals surface area contributed by atoms with Crippen LogP contribution in [-0.4, -0.2) is 29.8 Å². The molecule has 27 heavy (non-hydrogen) atoms. The number of fused-ring (bicyclic) bond motifs is 1. The van der Waals surface area contributed by atoms with Crippen molar-refractivity contribution in [3.8, 4) is 0 Å². The highest BCUT2D eigenvalue weighted by Gasteiger charge is 2.15. The van der Waals surface area contributed by atoms with Gasteiger partial charge in [-0.05, 0) is 25.1 Å². The normalized spacial score (nSPS) is 10.9. The monoisotopic (exact) mass is 372 g/mol. The van der Waals surface area contributed by atoms with Gasteiger partial charge < -0.3 is 10.2 Å². The van der Waals surface area contributed by atoms with E-state index in [1.165, 1.54) is 19.0 Å². The summed E-state index contributed by atoms with van der Waals surface area (Å²) in [6.07, 6.45) is 0. The molecule has 1 aromatic heterocycles. The van der Waals surface area contributed by atoms with Crippen LogP contribution in [0, 0.1) is 18.6 Å². The Labute approximate surface area is 154 Å². The molecule has 0 aliphatic heterocycles. The molecule has 0 aliphatic carbocycles. The summed E-state index contributed by atoms with van der Waals surface area (Å²) in [5, 5.41) is 7.70. The fourth-order valence-corrected chi connectivity index (χ4v) is 2.91. The second-order valence-corrected chi connectivity index (χ2v) is 6.32. The summed E-state index contributed by atoms with van der Waals surface area (Å²) < 4.78 is 29.1. The van der Waals surface area contributed by atoms with Crippen LogP contribution in [0.2, 0.25) is 0 Å². The Morgan fingerprint density at radius 2 is 1.74 bits per heavy atom. The van der Waals surface area contributed by atoms with Crippen molar-refractivity contribution in [2.75, 3.05) is 24.3 Å². The van der Waals surface area contributed by atoms with E-state index in [9.17, 15) is 18.4 Å². The van der Waals surface area contributed by atoms with Crippen molar-refractivity contribution in [2.45, 2.75) is 13.5 Å². The first-order chi connectivity index (χ1) is 12.8. The first-order valence-electron chi connectivity index (χ1n) is 8.20. The number of carbonyl (C=O) groups is 1. The molecule has 0 unspecified atom stereocenters. The molecule has 6 nitrogen and oxygen atoms in total. The van der Waals surface area contributed by atoms with Crippen LogP contribution < -0.4 is 15.8 Å². The van der Waals surface area contributed by atoms with E-state index in [0.717, 1.165) is 16.8 Å². The van der Waals surface area contributed by atoms with E-state index in [4.69, 9.17) is 0 Å². The van der Waals surface area contributed by atoms with Gasteiger partial charge in [-0.3, -0.25) is 9.59 Å². The number of nitrogens with one attached hydrogen (secondary N) is 1. The lowest BCUT2D eigenvalue weighted by molar-refractivity contribution is -0.117. The number of nitrogens with zero attached hydrogens (tertiary/aromatic N) is 3. The minimum atomic E-state index is -0.799. The maximum atomic E-state index is 14.0. The molecule has 1 amide bonds. The number of aryl methyl sites for hydroxylation is 1. The van der Waals surface area contributed by atoms with Crippen LogP contribution in [0.3, 0.4) is 0 Å². The highest BCUT2D eigenvalue weighted by atomic mass is 19.1. The third-order valence-corrected chi connectivity index (χ3v) is 4.09. The summed E-state index contributed by atoms with van der Waals surface area (Å²) in [7, 11) is 3.03. The van der Waals surface area contributed by atoms with Crippen molar-refractivity contribution in [3.63, 3.8) is 0 Å². The van der Waals surface area contributed by atoms with Gasteiger partial charge in [-0.15, -0.1) is 0 Å². The summed E-state index contributed by atoms with van der Waals surface area (Å²) in [5.74, 6) is -2.21. The van der Waals surface area contributed by atoms with E-state index >= 15 is 0 Å². The van der Waals surface area contributed by atoms with E-state index < -0.39 is 23.1 Å². The average Bonchev–Trinajstić information content (AvgIpc) is 2.58. The van der Waals surface area contributed by atoms with Crippen LogP contribution in [0.15, 0.2) is 41.2 Å². The van der Waals surface area contributed by atoms with Crippen molar-refractivity contribution in [2.24, 2.45) is 0 Å². The van der Waals surface area contributed by atoms with Crippen LogP contribution in [0.1, 0.15) is 5.69 Å². The molecule has 0 fully saturated rings. The van der Waals surface area contributed by atoms with E-state index in [2.05, 4.69) is 10.4 Å². The summed E-state index contributed by atoms with van der Waals surface area (Å²) in [6.45, 7) is 1.37. The first-order valence-corrected chi connectivity index (χ1v) is 8.20. The maximum absolute atomic E-state index is 14.0. The topological polar surface area (TPSA) is 67.2 Å². The molecule has 1 heterocycles.